The molecule has 0 saturated carbocycles. The zero-order chi connectivity index (χ0) is 39.5. The predicted octanol–water partition coefficient (Wildman–Crippen LogP) is 7.77. The largest absolute Gasteiger partial charge is 0.394 e. The van der Waals surface area contributed by atoms with Crippen molar-refractivity contribution in [2.24, 2.45) is 0 Å². The SMILES string of the molecule is CC/C=C\C/C=C\C/C=C\C/C=C\C/C=C\CCCCCCCC(=O)NC(COC1OC(CO)C(O)C(O)C1O)C(O)/C=C/CC/C=C/CC/C=C/CC. The fraction of sp³-hybridized carbons (Fsp3) is 0.622. The highest BCUT2D eigenvalue weighted by Gasteiger charge is 2.44. The summed E-state index contributed by atoms with van der Waals surface area (Å²) in [7, 11) is 0. The Morgan fingerprint density at radius 3 is 1.70 bits per heavy atom. The zero-order valence-corrected chi connectivity index (χ0v) is 33.2. The number of allylic oxidation sites excluding steroid dienone is 15. The van der Waals surface area contributed by atoms with Crippen molar-refractivity contribution < 1.29 is 39.8 Å². The molecule has 1 amide bonds. The number of hydrogen-bond donors (Lipinski definition) is 6. The molecule has 0 aromatic heterocycles. The molecule has 9 nitrogen and oxygen atoms in total. The molecule has 1 fully saturated rings. The topological polar surface area (TPSA) is 149 Å². The third-order valence-electron chi connectivity index (χ3n) is 8.88. The van der Waals surface area contributed by atoms with Crippen LogP contribution >= 0.6 is 0 Å². The average Bonchev–Trinajstić information content (AvgIpc) is 3.17. The second-order valence-electron chi connectivity index (χ2n) is 13.6. The molecule has 1 rings (SSSR count). The molecule has 1 heterocycles. The maximum Gasteiger partial charge on any atom is 0.220 e. The van der Waals surface area contributed by atoms with Crippen molar-refractivity contribution in [3.63, 3.8) is 0 Å². The van der Waals surface area contributed by atoms with Crippen LogP contribution in [0.1, 0.15) is 123 Å². The van der Waals surface area contributed by atoms with Gasteiger partial charge in [-0.25, -0.2) is 0 Å². The van der Waals surface area contributed by atoms with Gasteiger partial charge in [0.05, 0.1) is 25.4 Å². The minimum Gasteiger partial charge on any atom is -0.394 e. The molecule has 0 aromatic rings. The number of carbonyl (C=O) groups is 1. The van der Waals surface area contributed by atoms with Crippen molar-refractivity contribution in [2.75, 3.05) is 13.2 Å². The average molecular weight is 756 g/mol. The van der Waals surface area contributed by atoms with Crippen LogP contribution < -0.4 is 5.32 Å². The number of rotatable bonds is 31. The van der Waals surface area contributed by atoms with Crippen LogP contribution in [0.25, 0.3) is 0 Å². The van der Waals surface area contributed by atoms with Gasteiger partial charge in [-0.15, -0.1) is 0 Å². The Balaban J connectivity index is 2.40. The maximum absolute atomic E-state index is 12.9. The summed E-state index contributed by atoms with van der Waals surface area (Å²) >= 11 is 0. The van der Waals surface area contributed by atoms with Gasteiger partial charge >= 0.3 is 0 Å². The Labute approximate surface area is 326 Å². The normalized spacial score (nSPS) is 22.5. The number of nitrogens with one attached hydrogen (secondary N) is 1. The van der Waals surface area contributed by atoms with Gasteiger partial charge in [-0.3, -0.25) is 4.79 Å². The van der Waals surface area contributed by atoms with Crippen LogP contribution in [0, 0.1) is 0 Å². The minimum absolute atomic E-state index is 0.219. The van der Waals surface area contributed by atoms with E-state index in [0.717, 1.165) is 96.3 Å². The van der Waals surface area contributed by atoms with Crippen molar-refractivity contribution in [3.05, 3.63) is 97.2 Å². The number of aliphatic hydroxyl groups is 5. The van der Waals surface area contributed by atoms with Crippen LogP contribution in [0.5, 0.6) is 0 Å². The van der Waals surface area contributed by atoms with Gasteiger partial charge in [-0.05, 0) is 83.5 Å². The molecule has 0 aromatic carbocycles. The monoisotopic (exact) mass is 756 g/mol. The Kier molecular flexibility index (Phi) is 31.5. The fourth-order valence-electron chi connectivity index (χ4n) is 5.63. The molecule has 306 valence electrons. The maximum atomic E-state index is 12.9. The van der Waals surface area contributed by atoms with Crippen LogP contribution in [-0.2, 0) is 14.3 Å². The van der Waals surface area contributed by atoms with E-state index in [1.807, 2.05) is 6.08 Å². The highest BCUT2D eigenvalue weighted by Crippen LogP contribution is 2.22. The fourth-order valence-corrected chi connectivity index (χ4v) is 5.63. The number of ether oxygens (including phenoxy) is 2. The van der Waals surface area contributed by atoms with Crippen LogP contribution in [0.3, 0.4) is 0 Å². The smallest absolute Gasteiger partial charge is 0.220 e. The minimum atomic E-state index is -1.58. The molecule has 0 radical (unpaired) electrons. The molecule has 0 bridgehead atoms. The van der Waals surface area contributed by atoms with Gasteiger partial charge in [0.15, 0.2) is 6.29 Å². The van der Waals surface area contributed by atoms with Gasteiger partial charge in [0.2, 0.25) is 5.91 Å². The van der Waals surface area contributed by atoms with E-state index < -0.39 is 49.5 Å². The first-order chi connectivity index (χ1) is 26.3. The number of aliphatic hydroxyl groups excluding tert-OH is 5. The molecule has 7 atom stereocenters. The Morgan fingerprint density at radius 1 is 0.630 bits per heavy atom. The van der Waals surface area contributed by atoms with Crippen molar-refractivity contribution in [1.82, 2.24) is 5.32 Å². The second kappa shape index (κ2) is 34.6. The number of amides is 1. The number of hydrogen-bond acceptors (Lipinski definition) is 8. The molecule has 1 saturated heterocycles. The molecule has 6 N–H and O–H groups in total. The summed E-state index contributed by atoms with van der Waals surface area (Å²) in [5.41, 5.74) is 0. The van der Waals surface area contributed by atoms with Gasteiger partial charge in [0.25, 0.3) is 0 Å². The van der Waals surface area contributed by atoms with E-state index >= 15 is 0 Å². The lowest BCUT2D eigenvalue weighted by atomic mass is 9.99. The van der Waals surface area contributed by atoms with E-state index in [2.05, 4.69) is 104 Å². The van der Waals surface area contributed by atoms with Crippen LogP contribution in [0.4, 0.5) is 0 Å². The van der Waals surface area contributed by atoms with E-state index in [1.54, 1.807) is 6.08 Å². The lowest BCUT2D eigenvalue weighted by Gasteiger charge is -2.40. The first-order valence-electron chi connectivity index (χ1n) is 20.5. The van der Waals surface area contributed by atoms with Crippen molar-refractivity contribution in [3.8, 4) is 0 Å². The third-order valence-corrected chi connectivity index (χ3v) is 8.88. The molecule has 7 unspecified atom stereocenters. The van der Waals surface area contributed by atoms with Crippen LogP contribution in [0.15, 0.2) is 97.2 Å². The third kappa shape index (κ3) is 25.2. The first kappa shape index (κ1) is 49.1. The van der Waals surface area contributed by atoms with Crippen LogP contribution in [-0.4, -0.2) is 87.5 Å². The summed E-state index contributed by atoms with van der Waals surface area (Å²) in [6, 6.07) is -0.842. The Hall–Kier alpha value is -2.89. The first-order valence-corrected chi connectivity index (χ1v) is 20.5. The van der Waals surface area contributed by atoms with Gasteiger partial charge < -0.3 is 40.3 Å². The van der Waals surface area contributed by atoms with Gasteiger partial charge in [-0.1, -0.05) is 130 Å². The predicted molar refractivity (Wildman–Crippen MR) is 221 cm³/mol. The molecule has 0 aliphatic carbocycles. The molecular formula is C45H73NO8. The van der Waals surface area contributed by atoms with Crippen molar-refractivity contribution in [2.45, 2.75) is 166 Å². The lowest BCUT2D eigenvalue weighted by Crippen LogP contribution is -2.60. The summed E-state index contributed by atoms with van der Waals surface area (Å²) < 4.78 is 11.1. The van der Waals surface area contributed by atoms with Crippen molar-refractivity contribution >= 4 is 5.91 Å². The summed E-state index contributed by atoms with van der Waals surface area (Å²) in [6.07, 6.45) is 41.7. The lowest BCUT2D eigenvalue weighted by molar-refractivity contribution is -0.302. The van der Waals surface area contributed by atoms with E-state index in [0.29, 0.717) is 12.8 Å². The highest BCUT2D eigenvalue weighted by molar-refractivity contribution is 5.76. The zero-order valence-electron chi connectivity index (χ0n) is 33.2. The number of carbonyl (C=O) groups excluding carboxylic acids is 1. The molecule has 54 heavy (non-hydrogen) atoms. The van der Waals surface area contributed by atoms with E-state index in [-0.39, 0.29) is 12.5 Å². The molecular weight excluding hydrogens is 682 g/mol. The van der Waals surface area contributed by atoms with E-state index in [1.165, 1.54) is 0 Å². The second-order valence-corrected chi connectivity index (χ2v) is 13.6. The molecule has 9 heteroatoms. The summed E-state index contributed by atoms with van der Waals surface area (Å²) in [5, 5.41) is 53.9. The van der Waals surface area contributed by atoms with Gasteiger partial charge in [-0.2, -0.15) is 0 Å². The Morgan fingerprint density at radius 2 is 1.11 bits per heavy atom. The summed E-state index contributed by atoms with van der Waals surface area (Å²) in [4.78, 5) is 12.9. The molecule has 1 aliphatic rings. The molecule has 0 spiro atoms. The number of unbranched alkanes of at least 4 members (excludes halogenated alkanes) is 7. The standard InChI is InChI=1S/C45H73NO8/c1-3-5-7-9-11-13-15-16-17-18-19-20-21-22-23-24-25-27-29-31-33-35-41(49)46-38(37-53-45-44(52)43(51)42(50)40(36-47)54-45)39(48)34-32-30-28-26-14-12-10-8-6-4-2/h5-8,11,13-14,16-17,19-20,22-23,26,32,34,38-40,42-45,47-48,50-52H,3-4,9-10,12,15,18,21,24-25,27-31,33,35-37H2,1-2H3,(H,46,49)/b7-5-,8-6+,13-11-,17-16-,20-19-,23-22-,26-14+,34-32+. The molecule has 1 aliphatic heterocycles. The van der Waals surface area contributed by atoms with E-state index in [4.69, 9.17) is 9.47 Å². The summed E-state index contributed by atoms with van der Waals surface area (Å²) in [6.45, 7) is 3.46. The van der Waals surface area contributed by atoms with Crippen LogP contribution in [0.2, 0.25) is 0 Å². The Bertz CT molecular complexity index is 1150. The van der Waals surface area contributed by atoms with E-state index in [9.17, 15) is 30.3 Å². The van der Waals surface area contributed by atoms with Crippen molar-refractivity contribution in [1.29, 1.82) is 0 Å². The summed E-state index contributed by atoms with van der Waals surface area (Å²) in [5.74, 6) is -0.219. The quantitative estimate of drug-likeness (QED) is 0.0311. The van der Waals surface area contributed by atoms with Gasteiger partial charge in [0, 0.05) is 6.42 Å². The highest BCUT2D eigenvalue weighted by atomic mass is 16.7. The van der Waals surface area contributed by atoms with Gasteiger partial charge in [0.1, 0.15) is 24.4 Å².